The highest BCUT2D eigenvalue weighted by Crippen LogP contribution is 2.45. The fourth-order valence-electron chi connectivity index (χ4n) is 4.21. The number of Topliss-reactive ketones (excluding diaryl/α,β-unsaturated/α-hetero) is 1. The summed E-state index contributed by atoms with van der Waals surface area (Å²) in [5.74, 6) is 0.507. The second-order valence-electron chi connectivity index (χ2n) is 7.64. The molecule has 0 bridgehead atoms. The van der Waals surface area contributed by atoms with Gasteiger partial charge < -0.3 is 4.74 Å². The molecule has 0 saturated heterocycles. The van der Waals surface area contributed by atoms with Crippen molar-refractivity contribution in [3.8, 4) is 16.9 Å². The van der Waals surface area contributed by atoms with Crippen LogP contribution in [-0.4, -0.2) is 5.78 Å². The van der Waals surface area contributed by atoms with E-state index in [2.05, 4.69) is 0 Å². The Morgan fingerprint density at radius 1 is 0.900 bits per heavy atom. The minimum Gasteiger partial charge on any atom is -0.489 e. The normalized spacial score (nSPS) is 13.4. The lowest BCUT2D eigenvalue weighted by Gasteiger charge is -2.21. The topological polar surface area (TPSA) is 26.3 Å². The standard InChI is InChI=1S/C25H21F3O2/c1-15-12-18(30-14-17-6-4-3-5-7-17)13-16(2)23(15)24-20-9-11-22(29)19(20)8-10-21(24)25(26,27)28/h3-8,10,12-13H,9,11,14H2,1-2H3. The molecule has 1 aliphatic rings. The molecule has 0 atom stereocenters. The Bertz CT molecular complexity index is 1090. The van der Waals surface area contributed by atoms with Crippen LogP contribution in [0.25, 0.3) is 11.1 Å². The number of carbonyl (C=O) groups is 1. The molecule has 0 heterocycles. The van der Waals surface area contributed by atoms with Gasteiger partial charge in [-0.05, 0) is 71.8 Å². The molecule has 0 unspecified atom stereocenters. The largest absolute Gasteiger partial charge is 0.489 e. The van der Waals surface area contributed by atoms with Crippen LogP contribution in [0.4, 0.5) is 13.2 Å². The van der Waals surface area contributed by atoms with Gasteiger partial charge in [-0.3, -0.25) is 4.79 Å². The third kappa shape index (κ3) is 3.72. The number of carbonyl (C=O) groups excluding carboxylic acids is 1. The molecular formula is C25H21F3O2. The number of alkyl halides is 3. The fraction of sp³-hybridized carbons (Fsp3) is 0.240. The highest BCUT2D eigenvalue weighted by Gasteiger charge is 2.38. The van der Waals surface area contributed by atoms with E-state index in [1.807, 2.05) is 30.3 Å². The molecule has 0 aromatic heterocycles. The molecule has 3 aromatic rings. The lowest BCUT2D eigenvalue weighted by atomic mass is 9.86. The average molecular weight is 410 g/mol. The lowest BCUT2D eigenvalue weighted by molar-refractivity contribution is -0.137. The van der Waals surface area contributed by atoms with Crippen molar-refractivity contribution in [3.05, 3.63) is 88.0 Å². The van der Waals surface area contributed by atoms with Crippen LogP contribution in [0.5, 0.6) is 5.75 Å². The maximum absolute atomic E-state index is 13.8. The van der Waals surface area contributed by atoms with E-state index < -0.39 is 11.7 Å². The van der Waals surface area contributed by atoms with Gasteiger partial charge >= 0.3 is 6.18 Å². The molecule has 0 saturated carbocycles. The van der Waals surface area contributed by atoms with Crippen LogP contribution in [0.1, 0.15) is 44.6 Å². The van der Waals surface area contributed by atoms with Crippen LogP contribution in [0, 0.1) is 13.8 Å². The molecule has 0 N–H and O–H groups in total. The SMILES string of the molecule is Cc1cc(OCc2ccccc2)cc(C)c1-c1c(C(F)(F)F)ccc2c1CCC2=O. The summed E-state index contributed by atoms with van der Waals surface area (Å²) in [5, 5.41) is 0. The molecule has 0 radical (unpaired) electrons. The molecule has 4 rings (SSSR count). The van der Waals surface area contributed by atoms with Crippen molar-refractivity contribution >= 4 is 5.78 Å². The zero-order chi connectivity index (χ0) is 21.5. The van der Waals surface area contributed by atoms with Crippen LogP contribution in [0.2, 0.25) is 0 Å². The molecule has 0 spiro atoms. The second kappa shape index (κ2) is 7.63. The fourth-order valence-corrected chi connectivity index (χ4v) is 4.21. The highest BCUT2D eigenvalue weighted by molar-refractivity contribution is 6.03. The smallest absolute Gasteiger partial charge is 0.417 e. The van der Waals surface area contributed by atoms with Crippen molar-refractivity contribution in [2.45, 2.75) is 39.5 Å². The molecule has 0 aliphatic heterocycles. The van der Waals surface area contributed by atoms with Crippen molar-refractivity contribution in [1.29, 1.82) is 0 Å². The van der Waals surface area contributed by atoms with E-state index in [-0.39, 0.29) is 17.8 Å². The van der Waals surface area contributed by atoms with Gasteiger partial charge in [-0.25, -0.2) is 0 Å². The number of rotatable bonds is 4. The quantitative estimate of drug-likeness (QED) is 0.479. The number of hydrogen-bond acceptors (Lipinski definition) is 2. The highest BCUT2D eigenvalue weighted by atomic mass is 19.4. The van der Waals surface area contributed by atoms with Gasteiger partial charge in [0.15, 0.2) is 5.78 Å². The van der Waals surface area contributed by atoms with E-state index in [0.717, 1.165) is 11.6 Å². The van der Waals surface area contributed by atoms with E-state index in [0.29, 0.717) is 46.6 Å². The number of aryl methyl sites for hydroxylation is 2. The van der Waals surface area contributed by atoms with E-state index in [9.17, 15) is 18.0 Å². The van der Waals surface area contributed by atoms with Gasteiger partial charge in [-0.2, -0.15) is 13.2 Å². The van der Waals surface area contributed by atoms with E-state index in [1.165, 1.54) is 6.07 Å². The first-order valence-electron chi connectivity index (χ1n) is 9.80. The first kappa shape index (κ1) is 20.2. The zero-order valence-electron chi connectivity index (χ0n) is 16.8. The van der Waals surface area contributed by atoms with Gasteiger partial charge in [0.2, 0.25) is 0 Å². The van der Waals surface area contributed by atoms with E-state index in [1.54, 1.807) is 26.0 Å². The van der Waals surface area contributed by atoms with Crippen molar-refractivity contribution in [2.75, 3.05) is 0 Å². The minimum absolute atomic E-state index is 0.0990. The Morgan fingerprint density at radius 2 is 1.57 bits per heavy atom. The maximum atomic E-state index is 13.8. The van der Waals surface area contributed by atoms with Crippen LogP contribution in [0.15, 0.2) is 54.6 Å². The Kier molecular flexibility index (Phi) is 5.14. The van der Waals surface area contributed by atoms with Gasteiger partial charge in [0, 0.05) is 12.0 Å². The maximum Gasteiger partial charge on any atom is 0.417 e. The number of ketones is 1. The van der Waals surface area contributed by atoms with Crippen LogP contribution < -0.4 is 4.74 Å². The Balaban J connectivity index is 1.79. The summed E-state index contributed by atoms with van der Waals surface area (Å²) < 4.78 is 47.4. The number of fused-ring (bicyclic) bond motifs is 1. The summed E-state index contributed by atoms with van der Waals surface area (Å²) in [6.07, 6.45) is -3.92. The first-order chi connectivity index (χ1) is 14.3. The van der Waals surface area contributed by atoms with Gasteiger partial charge in [-0.15, -0.1) is 0 Å². The van der Waals surface area contributed by atoms with Crippen LogP contribution >= 0.6 is 0 Å². The van der Waals surface area contributed by atoms with Crippen molar-refractivity contribution in [1.82, 2.24) is 0 Å². The molecule has 2 nitrogen and oxygen atoms in total. The predicted octanol–water partition coefficient (Wildman–Crippen LogP) is 6.70. The summed E-state index contributed by atoms with van der Waals surface area (Å²) >= 11 is 0. The molecule has 154 valence electrons. The number of hydrogen-bond donors (Lipinski definition) is 0. The first-order valence-corrected chi connectivity index (χ1v) is 9.80. The summed E-state index contributed by atoms with van der Waals surface area (Å²) in [6.45, 7) is 3.95. The molecular weight excluding hydrogens is 389 g/mol. The van der Waals surface area contributed by atoms with E-state index >= 15 is 0 Å². The summed E-state index contributed by atoms with van der Waals surface area (Å²) in [4.78, 5) is 12.2. The third-order valence-corrected chi connectivity index (χ3v) is 5.53. The summed E-state index contributed by atoms with van der Waals surface area (Å²) in [5.41, 5.74) is 3.26. The Hall–Kier alpha value is -3.08. The van der Waals surface area contributed by atoms with E-state index in [4.69, 9.17) is 4.74 Å². The van der Waals surface area contributed by atoms with Gasteiger partial charge in [0.05, 0.1) is 5.56 Å². The van der Waals surface area contributed by atoms with Crippen molar-refractivity contribution in [2.24, 2.45) is 0 Å². The molecule has 3 aromatic carbocycles. The van der Waals surface area contributed by atoms with Crippen LogP contribution in [0.3, 0.4) is 0 Å². The summed E-state index contributed by atoms with van der Waals surface area (Å²) in [6, 6.07) is 15.6. The van der Waals surface area contributed by atoms with Crippen molar-refractivity contribution in [3.63, 3.8) is 0 Å². The third-order valence-electron chi connectivity index (χ3n) is 5.53. The molecule has 1 aliphatic carbocycles. The minimum atomic E-state index is -4.50. The zero-order valence-corrected chi connectivity index (χ0v) is 16.8. The van der Waals surface area contributed by atoms with Gasteiger partial charge in [0.1, 0.15) is 12.4 Å². The van der Waals surface area contributed by atoms with Gasteiger partial charge in [-0.1, -0.05) is 36.4 Å². The summed E-state index contributed by atoms with van der Waals surface area (Å²) in [7, 11) is 0. The number of ether oxygens (including phenoxy) is 1. The predicted molar refractivity (Wildman–Crippen MR) is 110 cm³/mol. The molecule has 5 heteroatoms. The molecule has 0 fully saturated rings. The van der Waals surface area contributed by atoms with Crippen LogP contribution in [-0.2, 0) is 19.2 Å². The second-order valence-corrected chi connectivity index (χ2v) is 7.64. The molecule has 30 heavy (non-hydrogen) atoms. The molecule has 0 amide bonds. The lowest BCUT2D eigenvalue weighted by Crippen LogP contribution is -2.11. The Labute approximate surface area is 173 Å². The number of benzene rings is 3. The van der Waals surface area contributed by atoms with Crippen molar-refractivity contribution < 1.29 is 22.7 Å². The number of halogens is 3. The Morgan fingerprint density at radius 3 is 2.20 bits per heavy atom. The van der Waals surface area contributed by atoms with Gasteiger partial charge in [0.25, 0.3) is 0 Å². The monoisotopic (exact) mass is 410 g/mol. The average Bonchev–Trinajstić information content (AvgIpc) is 3.07.